The Morgan fingerprint density at radius 1 is 1.50 bits per heavy atom. The van der Waals surface area contributed by atoms with Gasteiger partial charge in [-0.05, 0) is 31.5 Å². The average Bonchev–Trinajstić information content (AvgIpc) is 2.12. The van der Waals surface area contributed by atoms with Gasteiger partial charge in [-0.25, -0.2) is 4.39 Å². The molecule has 0 bridgehead atoms. The van der Waals surface area contributed by atoms with Crippen LogP contribution in [0, 0.1) is 5.82 Å². The molecule has 0 amide bonds. The predicted octanol–water partition coefficient (Wildman–Crippen LogP) is 3.01. The van der Waals surface area contributed by atoms with Gasteiger partial charge in [-0.3, -0.25) is 0 Å². The summed E-state index contributed by atoms with van der Waals surface area (Å²) in [6.07, 6.45) is 2.22. The highest BCUT2D eigenvalue weighted by molar-refractivity contribution is 5.55. The first kappa shape index (κ1) is 10.8. The van der Waals surface area contributed by atoms with Crippen molar-refractivity contribution in [3.8, 4) is 0 Å². The van der Waals surface area contributed by atoms with Crippen molar-refractivity contribution in [2.24, 2.45) is 0 Å². The van der Waals surface area contributed by atoms with E-state index in [4.69, 9.17) is 5.73 Å². The first-order chi connectivity index (χ1) is 6.63. The van der Waals surface area contributed by atoms with E-state index in [0.717, 1.165) is 18.5 Å². The summed E-state index contributed by atoms with van der Waals surface area (Å²) >= 11 is 0. The van der Waals surface area contributed by atoms with Crippen LogP contribution in [0.15, 0.2) is 18.2 Å². The number of nitrogens with two attached hydrogens (primary N) is 1. The van der Waals surface area contributed by atoms with E-state index in [1.54, 1.807) is 12.1 Å². The summed E-state index contributed by atoms with van der Waals surface area (Å²) in [6.45, 7) is 4.24. The maximum Gasteiger partial charge on any atom is 0.146 e. The van der Waals surface area contributed by atoms with E-state index >= 15 is 0 Å². The van der Waals surface area contributed by atoms with Gasteiger partial charge in [-0.15, -0.1) is 0 Å². The lowest BCUT2D eigenvalue weighted by Crippen LogP contribution is -2.14. The molecule has 78 valence electrons. The zero-order valence-corrected chi connectivity index (χ0v) is 8.68. The summed E-state index contributed by atoms with van der Waals surface area (Å²) in [5, 5.41) is 3.26. The molecule has 0 spiro atoms. The van der Waals surface area contributed by atoms with E-state index in [1.165, 1.54) is 6.07 Å². The molecule has 0 aliphatic heterocycles. The topological polar surface area (TPSA) is 38.0 Å². The smallest absolute Gasteiger partial charge is 0.146 e. The van der Waals surface area contributed by atoms with Gasteiger partial charge in [0.05, 0.1) is 5.69 Å². The quantitative estimate of drug-likeness (QED) is 0.726. The molecule has 0 heterocycles. The number of hydrogen-bond acceptors (Lipinski definition) is 2. The number of nitrogens with one attached hydrogen (secondary N) is 1. The molecule has 0 saturated carbocycles. The van der Waals surface area contributed by atoms with Crippen LogP contribution >= 0.6 is 0 Å². The molecular formula is C11H17FN2. The van der Waals surface area contributed by atoms with Crippen LogP contribution in [0.2, 0.25) is 0 Å². The maximum atomic E-state index is 12.8. The van der Waals surface area contributed by atoms with Crippen LogP contribution in [0.4, 0.5) is 15.8 Å². The highest BCUT2D eigenvalue weighted by Gasteiger charge is 2.02. The second-order valence-electron chi connectivity index (χ2n) is 3.57. The molecule has 0 radical (unpaired) electrons. The van der Waals surface area contributed by atoms with Crippen LogP contribution in [0.5, 0.6) is 0 Å². The molecule has 1 aromatic rings. The summed E-state index contributed by atoms with van der Waals surface area (Å²) < 4.78 is 12.8. The largest absolute Gasteiger partial charge is 0.396 e. The van der Waals surface area contributed by atoms with E-state index in [0.29, 0.717) is 6.04 Å². The normalized spacial score (nSPS) is 12.5. The molecule has 1 aromatic carbocycles. The zero-order chi connectivity index (χ0) is 10.6. The molecule has 3 N–H and O–H groups in total. The van der Waals surface area contributed by atoms with Crippen molar-refractivity contribution in [1.82, 2.24) is 0 Å². The standard InChI is InChI=1S/C11H17FN2/c1-3-4-8(2)14-9-5-6-10(12)11(13)7-9/h5-8,14H,3-4,13H2,1-2H3. The number of benzene rings is 1. The summed E-state index contributed by atoms with van der Waals surface area (Å²) in [6, 6.07) is 5.11. The minimum atomic E-state index is -0.362. The fourth-order valence-electron chi connectivity index (χ4n) is 1.42. The van der Waals surface area contributed by atoms with Crippen LogP contribution in [0.3, 0.4) is 0 Å². The molecule has 2 nitrogen and oxygen atoms in total. The Morgan fingerprint density at radius 3 is 2.79 bits per heavy atom. The van der Waals surface area contributed by atoms with E-state index in [2.05, 4.69) is 19.2 Å². The van der Waals surface area contributed by atoms with Crippen molar-refractivity contribution in [2.75, 3.05) is 11.1 Å². The maximum absolute atomic E-state index is 12.8. The molecule has 0 fully saturated rings. The van der Waals surface area contributed by atoms with Crippen LogP contribution in [-0.4, -0.2) is 6.04 Å². The van der Waals surface area contributed by atoms with E-state index < -0.39 is 0 Å². The molecule has 1 rings (SSSR count). The van der Waals surface area contributed by atoms with Crippen molar-refractivity contribution >= 4 is 11.4 Å². The van der Waals surface area contributed by atoms with Crippen molar-refractivity contribution < 1.29 is 4.39 Å². The fourth-order valence-corrected chi connectivity index (χ4v) is 1.42. The summed E-state index contributed by atoms with van der Waals surface area (Å²) in [7, 11) is 0. The molecule has 1 atom stereocenters. The highest BCUT2D eigenvalue weighted by atomic mass is 19.1. The Labute approximate surface area is 84.3 Å². The molecule has 0 aromatic heterocycles. The minimum absolute atomic E-state index is 0.193. The van der Waals surface area contributed by atoms with Gasteiger partial charge in [0.25, 0.3) is 0 Å². The predicted molar refractivity (Wildman–Crippen MR) is 58.8 cm³/mol. The number of hydrogen-bond donors (Lipinski definition) is 2. The molecule has 0 aliphatic carbocycles. The Balaban J connectivity index is 2.63. The van der Waals surface area contributed by atoms with Gasteiger partial charge < -0.3 is 11.1 Å². The van der Waals surface area contributed by atoms with Gasteiger partial charge in [-0.1, -0.05) is 13.3 Å². The lowest BCUT2D eigenvalue weighted by Gasteiger charge is -2.14. The van der Waals surface area contributed by atoms with Gasteiger partial charge >= 0.3 is 0 Å². The van der Waals surface area contributed by atoms with E-state index in [-0.39, 0.29) is 11.5 Å². The third-order valence-corrected chi connectivity index (χ3v) is 2.13. The molecule has 0 aliphatic rings. The van der Waals surface area contributed by atoms with Gasteiger partial charge in [-0.2, -0.15) is 0 Å². The lowest BCUT2D eigenvalue weighted by molar-refractivity contribution is 0.632. The number of anilines is 2. The van der Waals surface area contributed by atoms with Gasteiger partial charge in [0, 0.05) is 11.7 Å². The molecule has 1 unspecified atom stereocenters. The highest BCUT2D eigenvalue weighted by Crippen LogP contribution is 2.17. The molecule has 14 heavy (non-hydrogen) atoms. The van der Waals surface area contributed by atoms with Crippen LogP contribution in [0.25, 0.3) is 0 Å². The third kappa shape index (κ3) is 2.91. The van der Waals surface area contributed by atoms with Crippen molar-refractivity contribution in [2.45, 2.75) is 32.7 Å². The Kier molecular flexibility index (Phi) is 3.74. The zero-order valence-electron chi connectivity index (χ0n) is 8.68. The summed E-state index contributed by atoms with van der Waals surface area (Å²) in [4.78, 5) is 0. The lowest BCUT2D eigenvalue weighted by atomic mass is 10.2. The number of rotatable bonds is 4. The van der Waals surface area contributed by atoms with E-state index in [9.17, 15) is 4.39 Å². The first-order valence-corrected chi connectivity index (χ1v) is 4.95. The number of halogens is 1. The fraction of sp³-hybridized carbons (Fsp3) is 0.455. The van der Waals surface area contributed by atoms with E-state index in [1.807, 2.05) is 0 Å². The second kappa shape index (κ2) is 4.84. The van der Waals surface area contributed by atoms with Crippen LogP contribution < -0.4 is 11.1 Å². The second-order valence-corrected chi connectivity index (χ2v) is 3.57. The summed E-state index contributed by atoms with van der Waals surface area (Å²) in [5.41, 5.74) is 6.53. The van der Waals surface area contributed by atoms with Crippen molar-refractivity contribution in [3.63, 3.8) is 0 Å². The molecule has 0 saturated heterocycles. The minimum Gasteiger partial charge on any atom is -0.396 e. The first-order valence-electron chi connectivity index (χ1n) is 4.95. The average molecular weight is 196 g/mol. The molecular weight excluding hydrogens is 179 g/mol. The van der Waals surface area contributed by atoms with Crippen molar-refractivity contribution in [3.05, 3.63) is 24.0 Å². The van der Waals surface area contributed by atoms with Gasteiger partial charge in [0.15, 0.2) is 0 Å². The third-order valence-electron chi connectivity index (χ3n) is 2.13. The van der Waals surface area contributed by atoms with Gasteiger partial charge in [0.2, 0.25) is 0 Å². The Morgan fingerprint density at radius 2 is 2.21 bits per heavy atom. The van der Waals surface area contributed by atoms with Gasteiger partial charge in [0.1, 0.15) is 5.82 Å². The molecule has 3 heteroatoms. The Hall–Kier alpha value is -1.25. The Bertz CT molecular complexity index is 299. The number of nitrogen functional groups attached to an aromatic ring is 1. The monoisotopic (exact) mass is 196 g/mol. The summed E-state index contributed by atoms with van der Waals surface area (Å²) in [5.74, 6) is -0.362. The van der Waals surface area contributed by atoms with Crippen molar-refractivity contribution in [1.29, 1.82) is 0 Å². The van der Waals surface area contributed by atoms with Crippen LogP contribution in [-0.2, 0) is 0 Å². The SMILES string of the molecule is CCCC(C)Nc1ccc(F)c(N)c1. The van der Waals surface area contributed by atoms with Crippen LogP contribution in [0.1, 0.15) is 26.7 Å².